The van der Waals surface area contributed by atoms with Crippen molar-refractivity contribution in [3.05, 3.63) is 36.5 Å². The molecular weight excluding hydrogens is 212 g/mol. The number of esters is 1. The van der Waals surface area contributed by atoms with Crippen LogP contribution in [0.1, 0.15) is 46.5 Å². The van der Waals surface area contributed by atoms with Crippen LogP contribution in [0, 0.1) is 0 Å². The first-order chi connectivity index (χ1) is 8.07. The fourth-order valence-corrected chi connectivity index (χ4v) is 1.46. The van der Waals surface area contributed by atoms with Crippen LogP contribution >= 0.6 is 0 Å². The number of unbranched alkanes of at least 4 members (excludes halogenated alkanes) is 1. The Bertz CT molecular complexity index is 287. The van der Waals surface area contributed by atoms with Gasteiger partial charge < -0.3 is 4.74 Å². The van der Waals surface area contributed by atoms with E-state index in [1.165, 1.54) is 6.92 Å². The Balaban J connectivity index is 3.79. The Morgan fingerprint density at radius 2 is 2.00 bits per heavy atom. The van der Waals surface area contributed by atoms with Crippen molar-refractivity contribution >= 4 is 5.97 Å². The summed E-state index contributed by atoms with van der Waals surface area (Å²) in [5.41, 5.74) is 0.915. The lowest BCUT2D eigenvalue weighted by molar-refractivity contribution is -0.144. The Morgan fingerprint density at radius 3 is 2.53 bits per heavy atom. The van der Waals surface area contributed by atoms with E-state index >= 15 is 0 Å². The normalized spacial score (nSPS) is 13.1. The zero-order valence-corrected chi connectivity index (χ0v) is 11.2. The van der Waals surface area contributed by atoms with Gasteiger partial charge in [0.15, 0.2) is 0 Å². The number of rotatable bonds is 8. The van der Waals surface area contributed by atoms with Crippen LogP contribution in [0.2, 0.25) is 0 Å². The van der Waals surface area contributed by atoms with Crippen molar-refractivity contribution in [2.24, 2.45) is 0 Å². The van der Waals surface area contributed by atoms with Crippen molar-refractivity contribution in [3.63, 3.8) is 0 Å². The topological polar surface area (TPSA) is 26.3 Å². The summed E-state index contributed by atoms with van der Waals surface area (Å²) in [6.45, 7) is 9.20. The number of carbonyl (C=O) groups excluding carboxylic acids is 1. The second kappa shape index (κ2) is 9.88. The molecule has 0 heterocycles. The van der Waals surface area contributed by atoms with Gasteiger partial charge in [0.2, 0.25) is 0 Å². The summed E-state index contributed by atoms with van der Waals surface area (Å²) in [5, 5.41) is 0. The summed E-state index contributed by atoms with van der Waals surface area (Å²) in [7, 11) is 0. The van der Waals surface area contributed by atoms with Crippen molar-refractivity contribution in [3.8, 4) is 0 Å². The third kappa shape index (κ3) is 9.61. The summed E-state index contributed by atoms with van der Waals surface area (Å²) in [4.78, 5) is 10.9. The lowest BCUT2D eigenvalue weighted by Crippen LogP contribution is -2.16. The minimum absolute atomic E-state index is 0.128. The van der Waals surface area contributed by atoms with Gasteiger partial charge in [-0.25, -0.2) is 0 Å². The first kappa shape index (κ1) is 15.7. The molecule has 0 aliphatic heterocycles. The van der Waals surface area contributed by atoms with E-state index in [2.05, 4.69) is 24.8 Å². The molecule has 0 aromatic carbocycles. The second-order valence-corrected chi connectivity index (χ2v) is 4.15. The van der Waals surface area contributed by atoms with E-state index in [1.807, 2.05) is 19.9 Å². The molecule has 0 aliphatic rings. The molecule has 0 bridgehead atoms. The molecular formula is C15H24O2. The number of hydrogen-bond acceptors (Lipinski definition) is 2. The molecule has 0 aliphatic carbocycles. The maximum Gasteiger partial charge on any atom is 0.303 e. The molecule has 0 radical (unpaired) electrons. The quantitative estimate of drug-likeness (QED) is 0.359. The first-order valence-electron chi connectivity index (χ1n) is 6.16. The number of carbonyl (C=O) groups is 1. The third-order valence-corrected chi connectivity index (χ3v) is 2.37. The molecule has 17 heavy (non-hydrogen) atoms. The smallest absolute Gasteiger partial charge is 0.303 e. The van der Waals surface area contributed by atoms with Crippen LogP contribution < -0.4 is 0 Å². The Hall–Kier alpha value is -1.31. The lowest BCUT2D eigenvalue weighted by atomic mass is 10.1. The van der Waals surface area contributed by atoms with Crippen molar-refractivity contribution in [2.75, 3.05) is 0 Å². The van der Waals surface area contributed by atoms with Crippen LogP contribution in [0.5, 0.6) is 0 Å². The van der Waals surface area contributed by atoms with Crippen LogP contribution in [-0.4, -0.2) is 12.1 Å². The largest absolute Gasteiger partial charge is 0.458 e. The van der Waals surface area contributed by atoms with Gasteiger partial charge in [-0.15, -0.1) is 0 Å². The Kier molecular flexibility index (Phi) is 9.12. The summed E-state index contributed by atoms with van der Waals surface area (Å²) in [5.74, 6) is -0.235. The molecule has 0 saturated heterocycles. The maximum absolute atomic E-state index is 10.9. The van der Waals surface area contributed by atoms with E-state index in [-0.39, 0.29) is 12.1 Å². The number of allylic oxidation sites excluding steroid dienone is 4. The van der Waals surface area contributed by atoms with E-state index in [9.17, 15) is 4.79 Å². The summed E-state index contributed by atoms with van der Waals surface area (Å²) in [6, 6.07) is 0. The van der Waals surface area contributed by atoms with E-state index in [4.69, 9.17) is 4.74 Å². The molecule has 0 aromatic rings. The van der Waals surface area contributed by atoms with Gasteiger partial charge in [-0.3, -0.25) is 4.79 Å². The molecule has 2 nitrogen and oxygen atoms in total. The van der Waals surface area contributed by atoms with E-state index in [0.29, 0.717) is 0 Å². The highest BCUT2D eigenvalue weighted by Gasteiger charge is 2.11. The monoisotopic (exact) mass is 236 g/mol. The number of ether oxygens (including phenoxy) is 1. The maximum atomic E-state index is 10.9. The minimum Gasteiger partial charge on any atom is -0.458 e. The first-order valence-corrected chi connectivity index (χ1v) is 6.16. The van der Waals surface area contributed by atoms with Crippen molar-refractivity contribution < 1.29 is 9.53 Å². The molecule has 1 unspecified atom stereocenters. The number of hydrogen-bond donors (Lipinski definition) is 0. The Morgan fingerprint density at radius 1 is 1.29 bits per heavy atom. The van der Waals surface area contributed by atoms with Crippen LogP contribution in [0.3, 0.4) is 0 Å². The molecule has 1 atom stereocenters. The van der Waals surface area contributed by atoms with Gasteiger partial charge in [-0.05, 0) is 45.1 Å². The molecule has 2 heteroatoms. The predicted octanol–water partition coefficient (Wildman–Crippen LogP) is 4.19. The zero-order chi connectivity index (χ0) is 13.1. The third-order valence-electron chi connectivity index (χ3n) is 2.37. The van der Waals surface area contributed by atoms with Crippen molar-refractivity contribution in [1.29, 1.82) is 0 Å². The van der Waals surface area contributed by atoms with Gasteiger partial charge in [0.05, 0.1) is 0 Å². The van der Waals surface area contributed by atoms with Crippen molar-refractivity contribution in [2.45, 2.75) is 52.6 Å². The average molecular weight is 236 g/mol. The molecule has 0 amide bonds. The molecule has 0 saturated carbocycles. The fraction of sp³-hybridized carbons (Fsp3) is 0.533. The fourth-order valence-electron chi connectivity index (χ4n) is 1.46. The molecule has 0 spiro atoms. The Labute approximate surface area is 105 Å². The van der Waals surface area contributed by atoms with Gasteiger partial charge in [0.1, 0.15) is 6.10 Å². The van der Waals surface area contributed by atoms with Crippen molar-refractivity contribution in [1.82, 2.24) is 0 Å². The SMILES string of the molecule is C=C(C)C(CCCC=CCC=CC)OC(C)=O. The lowest BCUT2D eigenvalue weighted by Gasteiger charge is -2.16. The predicted molar refractivity (Wildman–Crippen MR) is 72.8 cm³/mol. The molecule has 0 aromatic heterocycles. The zero-order valence-electron chi connectivity index (χ0n) is 11.2. The van der Waals surface area contributed by atoms with Crippen LogP contribution in [0.4, 0.5) is 0 Å². The van der Waals surface area contributed by atoms with E-state index < -0.39 is 0 Å². The average Bonchev–Trinajstić information content (AvgIpc) is 2.25. The van der Waals surface area contributed by atoms with Gasteiger partial charge in [-0.1, -0.05) is 30.9 Å². The van der Waals surface area contributed by atoms with Gasteiger partial charge in [0.25, 0.3) is 0 Å². The van der Waals surface area contributed by atoms with E-state index in [0.717, 1.165) is 31.3 Å². The molecule has 0 N–H and O–H groups in total. The standard InChI is InChI=1S/C15H24O2/c1-5-6-7-8-9-10-11-12-15(13(2)3)17-14(4)16/h5-6,8-9,15H,2,7,10-12H2,1,3-4H3. The van der Waals surface area contributed by atoms with Gasteiger partial charge in [0, 0.05) is 6.92 Å². The van der Waals surface area contributed by atoms with Crippen LogP contribution in [-0.2, 0) is 9.53 Å². The van der Waals surface area contributed by atoms with E-state index in [1.54, 1.807) is 0 Å². The summed E-state index contributed by atoms with van der Waals surface area (Å²) < 4.78 is 5.18. The minimum atomic E-state index is -0.235. The highest BCUT2D eigenvalue weighted by atomic mass is 16.5. The summed E-state index contributed by atoms with van der Waals surface area (Å²) in [6.07, 6.45) is 12.2. The van der Waals surface area contributed by atoms with Gasteiger partial charge >= 0.3 is 5.97 Å². The second-order valence-electron chi connectivity index (χ2n) is 4.15. The summed E-state index contributed by atoms with van der Waals surface area (Å²) >= 11 is 0. The highest BCUT2D eigenvalue weighted by Crippen LogP contribution is 2.13. The molecule has 0 rings (SSSR count). The molecule has 96 valence electrons. The van der Waals surface area contributed by atoms with Crippen LogP contribution in [0.25, 0.3) is 0 Å². The van der Waals surface area contributed by atoms with Crippen LogP contribution in [0.15, 0.2) is 36.5 Å². The molecule has 0 fully saturated rings. The van der Waals surface area contributed by atoms with Gasteiger partial charge in [-0.2, -0.15) is 0 Å². The highest BCUT2D eigenvalue weighted by molar-refractivity contribution is 5.66.